The van der Waals surface area contributed by atoms with Crippen LogP contribution in [0.1, 0.15) is 11.3 Å². The molecule has 1 aromatic carbocycles. The molecule has 0 unspecified atom stereocenters. The molecule has 0 spiro atoms. The van der Waals surface area contributed by atoms with Gasteiger partial charge in [0, 0.05) is 24.9 Å². The van der Waals surface area contributed by atoms with Gasteiger partial charge < -0.3 is 10.1 Å². The molecular weight excluding hydrogens is 285 g/mol. The van der Waals surface area contributed by atoms with E-state index in [0.29, 0.717) is 12.0 Å². The fraction of sp³-hybridized carbons (Fsp3) is 0.250. The van der Waals surface area contributed by atoms with Gasteiger partial charge in [-0.2, -0.15) is 0 Å². The molecule has 0 aliphatic heterocycles. The van der Waals surface area contributed by atoms with Gasteiger partial charge in [0.2, 0.25) is 10.0 Å². The van der Waals surface area contributed by atoms with Gasteiger partial charge >= 0.3 is 0 Å². The summed E-state index contributed by atoms with van der Waals surface area (Å²) < 4.78 is 39.9. The van der Waals surface area contributed by atoms with Crippen molar-refractivity contribution in [1.82, 2.24) is 14.7 Å². The molecule has 3 N–H and O–H groups in total. The van der Waals surface area contributed by atoms with E-state index in [0.717, 1.165) is 17.8 Å². The zero-order valence-corrected chi connectivity index (χ0v) is 11.3. The maximum absolute atomic E-state index is 13.7. The highest BCUT2D eigenvalue weighted by molar-refractivity contribution is 7.89. The second-order valence-corrected chi connectivity index (χ2v) is 5.88. The van der Waals surface area contributed by atoms with Crippen molar-refractivity contribution in [2.75, 3.05) is 6.54 Å². The number of nitrogens with one attached hydrogen (secondary N) is 2. The lowest BCUT2D eigenvalue weighted by Crippen LogP contribution is -2.27. The largest absolute Gasteiger partial charge is 0.392 e. The lowest BCUT2D eigenvalue weighted by atomic mass is 10.2. The standard InChI is InChI=1S/C12H14FN3O3S/c13-11-5-9(7-17)1-2-12(11)20(18,19)16-4-3-10-6-14-8-15-10/h1-2,5-6,8,16-17H,3-4,7H2,(H,14,15). The molecule has 1 aromatic heterocycles. The molecule has 0 aliphatic rings. The van der Waals surface area contributed by atoms with Crippen LogP contribution in [-0.2, 0) is 23.1 Å². The number of aromatic nitrogens is 2. The summed E-state index contributed by atoms with van der Waals surface area (Å²) in [5, 5.41) is 8.86. The van der Waals surface area contributed by atoms with E-state index >= 15 is 0 Å². The number of aliphatic hydroxyl groups is 1. The van der Waals surface area contributed by atoms with Crippen LogP contribution in [0, 0.1) is 5.82 Å². The minimum absolute atomic E-state index is 0.131. The van der Waals surface area contributed by atoms with E-state index in [9.17, 15) is 12.8 Å². The summed E-state index contributed by atoms with van der Waals surface area (Å²) in [6.45, 7) is -0.212. The zero-order valence-electron chi connectivity index (χ0n) is 10.5. The summed E-state index contributed by atoms with van der Waals surface area (Å²) in [5.74, 6) is -0.884. The zero-order chi connectivity index (χ0) is 14.6. The number of H-pyrrole nitrogens is 1. The monoisotopic (exact) mass is 299 g/mol. The number of aliphatic hydroxyl groups excluding tert-OH is 1. The van der Waals surface area contributed by atoms with Crippen molar-refractivity contribution in [3.63, 3.8) is 0 Å². The van der Waals surface area contributed by atoms with Crippen LogP contribution in [0.2, 0.25) is 0 Å². The number of hydrogen-bond donors (Lipinski definition) is 3. The number of hydrogen-bond acceptors (Lipinski definition) is 4. The van der Waals surface area contributed by atoms with Gasteiger partial charge in [0.15, 0.2) is 0 Å². The average Bonchev–Trinajstić information content (AvgIpc) is 2.91. The molecule has 0 saturated heterocycles. The van der Waals surface area contributed by atoms with Crippen LogP contribution in [0.25, 0.3) is 0 Å². The molecule has 0 fully saturated rings. The van der Waals surface area contributed by atoms with Crippen molar-refractivity contribution < 1.29 is 17.9 Å². The van der Waals surface area contributed by atoms with Crippen molar-refractivity contribution in [2.24, 2.45) is 0 Å². The maximum Gasteiger partial charge on any atom is 0.243 e. The van der Waals surface area contributed by atoms with Crippen LogP contribution in [0.4, 0.5) is 4.39 Å². The molecule has 0 atom stereocenters. The van der Waals surface area contributed by atoms with Gasteiger partial charge in [-0.25, -0.2) is 22.5 Å². The lowest BCUT2D eigenvalue weighted by molar-refractivity contribution is 0.281. The molecule has 0 bridgehead atoms. The van der Waals surface area contributed by atoms with E-state index < -0.39 is 20.7 Å². The van der Waals surface area contributed by atoms with Crippen LogP contribution in [0.5, 0.6) is 0 Å². The lowest BCUT2D eigenvalue weighted by Gasteiger charge is -2.08. The average molecular weight is 299 g/mol. The van der Waals surface area contributed by atoms with E-state index in [4.69, 9.17) is 5.11 Å². The van der Waals surface area contributed by atoms with Crippen LogP contribution in [0.3, 0.4) is 0 Å². The number of halogens is 1. The third-order valence-electron chi connectivity index (χ3n) is 2.71. The number of benzene rings is 1. The van der Waals surface area contributed by atoms with E-state index in [1.54, 1.807) is 6.20 Å². The number of sulfonamides is 1. The highest BCUT2D eigenvalue weighted by Crippen LogP contribution is 2.16. The number of nitrogens with zero attached hydrogens (tertiary/aromatic N) is 1. The first-order valence-electron chi connectivity index (χ1n) is 5.89. The molecule has 0 radical (unpaired) electrons. The second kappa shape index (κ2) is 6.12. The Balaban J connectivity index is 2.06. The Morgan fingerprint density at radius 2 is 2.20 bits per heavy atom. The van der Waals surface area contributed by atoms with Crippen molar-refractivity contribution in [2.45, 2.75) is 17.9 Å². The molecule has 0 amide bonds. The van der Waals surface area contributed by atoms with Crippen molar-refractivity contribution in [1.29, 1.82) is 0 Å². The van der Waals surface area contributed by atoms with E-state index in [2.05, 4.69) is 14.7 Å². The Labute approximate surface area is 115 Å². The van der Waals surface area contributed by atoms with Crippen LogP contribution in [0.15, 0.2) is 35.6 Å². The molecule has 0 aliphatic carbocycles. The van der Waals surface area contributed by atoms with Crippen LogP contribution in [-0.4, -0.2) is 30.0 Å². The van der Waals surface area contributed by atoms with Gasteiger partial charge in [-0.3, -0.25) is 0 Å². The Hall–Kier alpha value is -1.77. The first kappa shape index (κ1) is 14.6. The fourth-order valence-electron chi connectivity index (χ4n) is 1.68. The Morgan fingerprint density at radius 1 is 1.40 bits per heavy atom. The first-order valence-corrected chi connectivity index (χ1v) is 7.37. The third-order valence-corrected chi connectivity index (χ3v) is 4.20. The summed E-state index contributed by atoms with van der Waals surface area (Å²) >= 11 is 0. The molecule has 108 valence electrons. The van der Waals surface area contributed by atoms with E-state index in [1.807, 2.05) is 0 Å². The highest BCUT2D eigenvalue weighted by atomic mass is 32.2. The highest BCUT2D eigenvalue weighted by Gasteiger charge is 2.18. The smallest absolute Gasteiger partial charge is 0.243 e. The van der Waals surface area contributed by atoms with E-state index in [1.165, 1.54) is 12.4 Å². The van der Waals surface area contributed by atoms with Gasteiger partial charge in [0.05, 0.1) is 12.9 Å². The summed E-state index contributed by atoms with van der Waals surface area (Å²) in [6.07, 6.45) is 3.51. The van der Waals surface area contributed by atoms with Crippen molar-refractivity contribution in [3.05, 3.63) is 47.8 Å². The summed E-state index contributed by atoms with van der Waals surface area (Å²) in [6, 6.07) is 3.51. The Bertz CT molecular complexity index is 671. The summed E-state index contributed by atoms with van der Waals surface area (Å²) in [4.78, 5) is 6.22. The Kier molecular flexibility index (Phi) is 4.48. The SMILES string of the molecule is O=S(=O)(NCCc1cnc[nH]1)c1ccc(CO)cc1F. The quantitative estimate of drug-likeness (QED) is 0.726. The Morgan fingerprint density at radius 3 is 2.80 bits per heavy atom. The third kappa shape index (κ3) is 3.41. The summed E-state index contributed by atoms with van der Waals surface area (Å²) in [5.41, 5.74) is 1.10. The van der Waals surface area contributed by atoms with Crippen molar-refractivity contribution in [3.8, 4) is 0 Å². The van der Waals surface area contributed by atoms with Gasteiger partial charge in [0.25, 0.3) is 0 Å². The van der Waals surface area contributed by atoms with Gasteiger partial charge in [-0.1, -0.05) is 6.07 Å². The molecule has 2 aromatic rings. The van der Waals surface area contributed by atoms with Crippen molar-refractivity contribution >= 4 is 10.0 Å². The molecular formula is C12H14FN3O3S. The number of rotatable bonds is 6. The van der Waals surface area contributed by atoms with Gasteiger partial charge in [-0.05, 0) is 17.7 Å². The van der Waals surface area contributed by atoms with Gasteiger partial charge in [-0.15, -0.1) is 0 Å². The molecule has 0 saturated carbocycles. The second-order valence-electron chi connectivity index (χ2n) is 4.15. The van der Waals surface area contributed by atoms with E-state index in [-0.39, 0.29) is 13.2 Å². The van der Waals surface area contributed by atoms with Gasteiger partial charge in [0.1, 0.15) is 10.7 Å². The van der Waals surface area contributed by atoms with Crippen LogP contribution < -0.4 is 4.72 Å². The number of imidazole rings is 1. The first-order chi connectivity index (χ1) is 9.53. The molecule has 8 heteroatoms. The number of aromatic amines is 1. The molecule has 1 heterocycles. The predicted octanol–water partition coefficient (Wildman–Crippen LogP) is 0.562. The normalized spacial score (nSPS) is 11.7. The molecule has 2 rings (SSSR count). The molecule has 6 nitrogen and oxygen atoms in total. The maximum atomic E-state index is 13.7. The topological polar surface area (TPSA) is 95.1 Å². The summed E-state index contributed by atoms with van der Waals surface area (Å²) in [7, 11) is -3.91. The van der Waals surface area contributed by atoms with Crippen LogP contribution >= 0.6 is 0 Å². The predicted molar refractivity (Wildman–Crippen MR) is 69.8 cm³/mol. The molecule has 20 heavy (non-hydrogen) atoms. The minimum Gasteiger partial charge on any atom is -0.392 e. The minimum atomic E-state index is -3.91. The fourth-order valence-corrected chi connectivity index (χ4v) is 2.77.